The number of pyridine rings is 1. The van der Waals surface area contributed by atoms with Crippen molar-refractivity contribution < 1.29 is 4.79 Å². The summed E-state index contributed by atoms with van der Waals surface area (Å²) in [6.45, 7) is 1.51. The summed E-state index contributed by atoms with van der Waals surface area (Å²) in [6.07, 6.45) is 1.67. The van der Waals surface area contributed by atoms with E-state index in [9.17, 15) is 4.79 Å². The maximum absolute atomic E-state index is 10.9. The molecule has 0 aromatic carbocycles. The molecule has 2 rings (SSSR count). The summed E-state index contributed by atoms with van der Waals surface area (Å²) in [5.74, 6) is -0.00185. The van der Waals surface area contributed by atoms with E-state index in [1.54, 1.807) is 6.20 Å². The molecule has 0 spiro atoms. The normalized spacial score (nSPS) is 10.4. The van der Waals surface area contributed by atoms with Crippen LogP contribution in [0.2, 0.25) is 0 Å². The molecule has 2 aromatic rings. The minimum absolute atomic E-state index is 0.00185. The number of carbonyl (C=O) groups is 1. The van der Waals surface area contributed by atoms with Crippen LogP contribution in [0.15, 0.2) is 18.3 Å². The van der Waals surface area contributed by atoms with Crippen LogP contribution in [0.4, 0.5) is 0 Å². The molecule has 60 valence electrons. The zero-order valence-corrected chi connectivity index (χ0v) is 7.26. The van der Waals surface area contributed by atoms with Crippen LogP contribution in [0.25, 0.3) is 10.3 Å². The number of hydrogen-bond acceptors (Lipinski definition) is 4. The second-order valence-corrected chi connectivity index (χ2v) is 3.43. The Morgan fingerprint density at radius 2 is 2.42 bits per heavy atom. The van der Waals surface area contributed by atoms with Gasteiger partial charge < -0.3 is 0 Å². The first-order valence-corrected chi connectivity index (χ1v) is 4.31. The lowest BCUT2D eigenvalue weighted by atomic mass is 10.5. The Labute approximate surface area is 73.1 Å². The van der Waals surface area contributed by atoms with Crippen LogP contribution in [-0.4, -0.2) is 15.8 Å². The fraction of sp³-hybridized carbons (Fsp3) is 0.125. The number of hydrogen-bond donors (Lipinski definition) is 0. The number of ketones is 1. The van der Waals surface area contributed by atoms with Gasteiger partial charge in [0.1, 0.15) is 0 Å². The molecule has 0 N–H and O–H groups in total. The molecule has 0 saturated heterocycles. The molecule has 0 bridgehead atoms. The summed E-state index contributed by atoms with van der Waals surface area (Å²) in [4.78, 5) is 19.0. The SMILES string of the molecule is CC(=O)c1nc2ncccc2s1. The van der Waals surface area contributed by atoms with Gasteiger partial charge in [-0.15, -0.1) is 11.3 Å². The van der Waals surface area contributed by atoms with Gasteiger partial charge in [0.05, 0.1) is 4.70 Å². The molecule has 0 fully saturated rings. The predicted molar refractivity (Wildman–Crippen MR) is 47.4 cm³/mol. The number of nitrogens with zero attached hydrogens (tertiary/aromatic N) is 2. The first-order valence-electron chi connectivity index (χ1n) is 3.50. The Balaban J connectivity index is 2.70. The average molecular weight is 178 g/mol. The lowest BCUT2D eigenvalue weighted by molar-refractivity contribution is 0.101. The number of thiazole rings is 1. The minimum atomic E-state index is -0.00185. The van der Waals surface area contributed by atoms with Crippen LogP contribution < -0.4 is 0 Å². The minimum Gasteiger partial charge on any atom is -0.292 e. The molecule has 12 heavy (non-hydrogen) atoms. The number of carbonyl (C=O) groups excluding carboxylic acids is 1. The quantitative estimate of drug-likeness (QED) is 0.626. The van der Waals surface area contributed by atoms with Crippen LogP contribution >= 0.6 is 11.3 Å². The zero-order valence-electron chi connectivity index (χ0n) is 6.44. The molecule has 0 atom stereocenters. The van der Waals surface area contributed by atoms with E-state index in [1.165, 1.54) is 18.3 Å². The highest BCUT2D eigenvalue weighted by molar-refractivity contribution is 7.20. The zero-order chi connectivity index (χ0) is 8.55. The molecule has 0 unspecified atom stereocenters. The number of Topliss-reactive ketones (excluding diaryl/α,β-unsaturated/α-hetero) is 1. The Kier molecular flexibility index (Phi) is 1.62. The summed E-state index contributed by atoms with van der Waals surface area (Å²) in [5, 5.41) is 0.531. The highest BCUT2D eigenvalue weighted by Gasteiger charge is 2.06. The maximum atomic E-state index is 10.9. The molecule has 3 nitrogen and oxygen atoms in total. The molecule has 0 saturated carbocycles. The van der Waals surface area contributed by atoms with Gasteiger partial charge >= 0.3 is 0 Å². The van der Waals surface area contributed by atoms with Crippen molar-refractivity contribution in [1.29, 1.82) is 0 Å². The maximum Gasteiger partial charge on any atom is 0.188 e. The molecule has 0 amide bonds. The fourth-order valence-corrected chi connectivity index (χ4v) is 1.74. The van der Waals surface area contributed by atoms with E-state index in [0.29, 0.717) is 10.7 Å². The summed E-state index contributed by atoms with van der Waals surface area (Å²) < 4.78 is 0.961. The second kappa shape index (κ2) is 2.64. The van der Waals surface area contributed by atoms with E-state index in [-0.39, 0.29) is 5.78 Å². The van der Waals surface area contributed by atoms with Crippen LogP contribution in [0.3, 0.4) is 0 Å². The van der Waals surface area contributed by atoms with Crippen molar-refractivity contribution in [2.24, 2.45) is 0 Å². The molecule has 0 radical (unpaired) electrons. The summed E-state index contributed by atoms with van der Waals surface area (Å²) in [5.41, 5.74) is 0.660. The predicted octanol–water partition coefficient (Wildman–Crippen LogP) is 1.89. The largest absolute Gasteiger partial charge is 0.292 e. The third-order valence-electron chi connectivity index (χ3n) is 1.47. The van der Waals surface area contributed by atoms with Gasteiger partial charge in [0, 0.05) is 13.1 Å². The van der Waals surface area contributed by atoms with Crippen molar-refractivity contribution in [3.63, 3.8) is 0 Å². The molecule has 2 heterocycles. The molecular formula is C8H6N2OS. The van der Waals surface area contributed by atoms with Gasteiger partial charge in [-0.25, -0.2) is 9.97 Å². The third-order valence-corrected chi connectivity index (χ3v) is 2.58. The van der Waals surface area contributed by atoms with E-state index in [2.05, 4.69) is 9.97 Å². The molecule has 4 heteroatoms. The van der Waals surface area contributed by atoms with Gasteiger partial charge in [-0.3, -0.25) is 4.79 Å². The number of fused-ring (bicyclic) bond motifs is 1. The molecule has 0 aliphatic heterocycles. The van der Waals surface area contributed by atoms with Gasteiger partial charge in [0.2, 0.25) is 0 Å². The van der Waals surface area contributed by atoms with Gasteiger partial charge in [-0.1, -0.05) is 0 Å². The lowest BCUT2D eigenvalue weighted by Crippen LogP contribution is -1.88. The highest BCUT2D eigenvalue weighted by Crippen LogP contribution is 2.19. The van der Waals surface area contributed by atoms with E-state index in [4.69, 9.17) is 0 Å². The number of aromatic nitrogens is 2. The first-order chi connectivity index (χ1) is 5.77. The van der Waals surface area contributed by atoms with Crippen molar-refractivity contribution in [3.8, 4) is 0 Å². The van der Waals surface area contributed by atoms with Crippen molar-refractivity contribution in [1.82, 2.24) is 9.97 Å². The number of rotatable bonds is 1. The van der Waals surface area contributed by atoms with Crippen LogP contribution in [0.5, 0.6) is 0 Å². The first kappa shape index (κ1) is 7.36. The summed E-state index contributed by atoms with van der Waals surface area (Å²) >= 11 is 1.38. The van der Waals surface area contributed by atoms with E-state index in [0.717, 1.165) is 4.70 Å². The van der Waals surface area contributed by atoms with Crippen molar-refractivity contribution in [2.45, 2.75) is 6.92 Å². The standard InChI is InChI=1S/C8H6N2OS/c1-5(11)8-10-7-6(12-8)3-2-4-9-7/h2-4H,1H3. The second-order valence-electron chi connectivity index (χ2n) is 2.40. The molecular weight excluding hydrogens is 172 g/mol. The molecule has 0 aliphatic rings. The third kappa shape index (κ3) is 1.10. The van der Waals surface area contributed by atoms with Gasteiger partial charge in [-0.2, -0.15) is 0 Å². The smallest absolute Gasteiger partial charge is 0.188 e. The molecule has 0 aliphatic carbocycles. The Hall–Kier alpha value is -1.29. The van der Waals surface area contributed by atoms with Crippen LogP contribution in [0.1, 0.15) is 16.7 Å². The van der Waals surface area contributed by atoms with Gasteiger partial charge in [0.25, 0.3) is 0 Å². The Morgan fingerprint density at radius 1 is 1.58 bits per heavy atom. The van der Waals surface area contributed by atoms with E-state index >= 15 is 0 Å². The van der Waals surface area contributed by atoms with Crippen LogP contribution in [0, 0.1) is 0 Å². The topological polar surface area (TPSA) is 42.9 Å². The van der Waals surface area contributed by atoms with Crippen molar-refractivity contribution in [3.05, 3.63) is 23.3 Å². The van der Waals surface area contributed by atoms with E-state index in [1.807, 2.05) is 12.1 Å². The lowest BCUT2D eigenvalue weighted by Gasteiger charge is -1.80. The highest BCUT2D eigenvalue weighted by atomic mass is 32.1. The monoisotopic (exact) mass is 178 g/mol. The van der Waals surface area contributed by atoms with E-state index < -0.39 is 0 Å². The molecule has 2 aromatic heterocycles. The average Bonchev–Trinajstić information content (AvgIpc) is 2.46. The van der Waals surface area contributed by atoms with Crippen molar-refractivity contribution >= 4 is 27.5 Å². The fourth-order valence-electron chi connectivity index (χ4n) is 0.920. The summed E-state index contributed by atoms with van der Waals surface area (Å²) in [7, 11) is 0. The van der Waals surface area contributed by atoms with Crippen molar-refractivity contribution in [2.75, 3.05) is 0 Å². The Morgan fingerprint density at radius 3 is 3.08 bits per heavy atom. The summed E-state index contributed by atoms with van der Waals surface area (Å²) in [6, 6.07) is 3.75. The van der Waals surface area contributed by atoms with Gasteiger partial charge in [0.15, 0.2) is 16.4 Å². The van der Waals surface area contributed by atoms with Gasteiger partial charge in [-0.05, 0) is 12.1 Å². The Bertz CT molecular complexity index is 402. The van der Waals surface area contributed by atoms with Crippen LogP contribution in [-0.2, 0) is 0 Å².